The molecule has 0 radical (unpaired) electrons. The highest BCUT2D eigenvalue weighted by atomic mass is 35.5. The summed E-state index contributed by atoms with van der Waals surface area (Å²) in [5.74, 6) is 0.612. The summed E-state index contributed by atoms with van der Waals surface area (Å²) >= 11 is 6.29. The molecule has 2 unspecified atom stereocenters. The quantitative estimate of drug-likeness (QED) is 0.717. The van der Waals surface area contributed by atoms with E-state index in [4.69, 9.17) is 25.8 Å². The van der Waals surface area contributed by atoms with Crippen molar-refractivity contribution < 1.29 is 23.8 Å². The van der Waals surface area contributed by atoms with Gasteiger partial charge in [-0.05, 0) is 39.3 Å². The molecule has 2 amide bonds. The minimum absolute atomic E-state index is 0.0810. The molecule has 0 bridgehead atoms. The molecule has 0 aromatic heterocycles. The van der Waals surface area contributed by atoms with Gasteiger partial charge < -0.3 is 24.4 Å². The normalized spacial score (nSPS) is 25.6. The number of alkyl halides is 1. The minimum atomic E-state index is -0.700. The Morgan fingerprint density at radius 2 is 2.15 bits per heavy atom. The average Bonchev–Trinajstić information content (AvgIpc) is 2.62. The van der Waals surface area contributed by atoms with Crippen LogP contribution >= 0.6 is 11.6 Å². The van der Waals surface area contributed by atoms with Crippen molar-refractivity contribution in [2.75, 3.05) is 33.4 Å². The molecule has 1 aliphatic carbocycles. The number of morpholine rings is 1. The molecule has 27 heavy (non-hydrogen) atoms. The number of carbonyl (C=O) groups is 2. The zero-order valence-corrected chi connectivity index (χ0v) is 17.1. The Morgan fingerprint density at radius 1 is 1.41 bits per heavy atom. The molecule has 1 fully saturated rings. The van der Waals surface area contributed by atoms with Gasteiger partial charge in [-0.25, -0.2) is 4.79 Å². The van der Waals surface area contributed by atoms with Gasteiger partial charge in [-0.3, -0.25) is 4.79 Å². The molecule has 0 aromatic rings. The molecule has 0 saturated carbocycles. The van der Waals surface area contributed by atoms with Crippen LogP contribution in [0.4, 0.5) is 4.79 Å². The number of rotatable bonds is 5. The van der Waals surface area contributed by atoms with Crippen LogP contribution in [-0.4, -0.2) is 67.3 Å². The van der Waals surface area contributed by atoms with Gasteiger partial charge in [0.05, 0.1) is 25.6 Å². The fourth-order valence-electron chi connectivity index (χ4n) is 2.84. The first-order valence-electron chi connectivity index (χ1n) is 9.15. The highest BCUT2D eigenvalue weighted by molar-refractivity contribution is 6.22. The molecule has 0 aromatic carbocycles. The fourth-order valence-corrected chi connectivity index (χ4v) is 3.11. The van der Waals surface area contributed by atoms with E-state index in [0.29, 0.717) is 26.1 Å². The van der Waals surface area contributed by atoms with E-state index in [-0.39, 0.29) is 23.7 Å². The third kappa shape index (κ3) is 6.74. The molecule has 8 heteroatoms. The summed E-state index contributed by atoms with van der Waals surface area (Å²) in [6, 6.07) is 0. The Kier molecular flexibility index (Phi) is 7.56. The predicted molar refractivity (Wildman–Crippen MR) is 103 cm³/mol. The molecule has 152 valence electrons. The van der Waals surface area contributed by atoms with E-state index < -0.39 is 17.8 Å². The summed E-state index contributed by atoms with van der Waals surface area (Å²) < 4.78 is 16.1. The van der Waals surface area contributed by atoms with Crippen LogP contribution in [0.25, 0.3) is 0 Å². The number of methoxy groups -OCH3 is 1. The van der Waals surface area contributed by atoms with E-state index in [0.717, 1.165) is 5.76 Å². The number of ether oxygens (including phenoxy) is 3. The molecule has 0 spiro atoms. The second-order valence-corrected chi connectivity index (χ2v) is 8.11. The average molecular weight is 401 g/mol. The lowest BCUT2D eigenvalue weighted by molar-refractivity contribution is -0.137. The molecule has 3 atom stereocenters. The maximum atomic E-state index is 12.4. The Labute approximate surface area is 165 Å². The number of hydrogen-bond donors (Lipinski definition) is 1. The van der Waals surface area contributed by atoms with Gasteiger partial charge in [0.2, 0.25) is 0 Å². The number of hydrogen-bond acceptors (Lipinski definition) is 5. The topological polar surface area (TPSA) is 77.1 Å². The third-order valence-electron chi connectivity index (χ3n) is 4.25. The Hall–Kier alpha value is -1.73. The van der Waals surface area contributed by atoms with Gasteiger partial charge in [0.15, 0.2) is 6.10 Å². The molecule has 1 N–H and O–H groups in total. The van der Waals surface area contributed by atoms with Gasteiger partial charge in [-0.2, -0.15) is 0 Å². The predicted octanol–water partition coefficient (Wildman–Crippen LogP) is 2.45. The number of carbonyl (C=O) groups excluding carboxylic acids is 2. The Bertz CT molecular complexity index is 599. The first kappa shape index (κ1) is 21.6. The molecule has 1 saturated heterocycles. The molecular weight excluding hydrogens is 372 g/mol. The number of nitrogens with one attached hydrogen (secondary N) is 1. The van der Waals surface area contributed by atoms with E-state index in [1.807, 2.05) is 39.0 Å². The molecule has 1 aliphatic heterocycles. The van der Waals surface area contributed by atoms with E-state index in [1.165, 1.54) is 4.90 Å². The zero-order chi connectivity index (χ0) is 20.0. The highest BCUT2D eigenvalue weighted by Crippen LogP contribution is 2.24. The molecule has 1 heterocycles. The summed E-state index contributed by atoms with van der Waals surface area (Å²) in [6.07, 6.45) is 5.24. The van der Waals surface area contributed by atoms with Crippen LogP contribution in [0.3, 0.4) is 0 Å². The highest BCUT2D eigenvalue weighted by Gasteiger charge is 2.31. The Balaban J connectivity index is 1.79. The zero-order valence-electron chi connectivity index (χ0n) is 16.4. The lowest BCUT2D eigenvalue weighted by atomic mass is 9.96. The van der Waals surface area contributed by atoms with E-state index in [2.05, 4.69) is 5.32 Å². The summed E-state index contributed by atoms with van der Waals surface area (Å²) in [5, 5.41) is 2.74. The van der Waals surface area contributed by atoms with Gasteiger partial charge >= 0.3 is 6.09 Å². The fraction of sp³-hybridized carbons (Fsp3) is 0.684. The first-order valence-corrected chi connectivity index (χ1v) is 9.58. The number of nitrogens with zero attached hydrogens (tertiary/aromatic N) is 1. The van der Waals surface area contributed by atoms with Gasteiger partial charge in [-0.1, -0.05) is 6.08 Å². The summed E-state index contributed by atoms with van der Waals surface area (Å²) in [5.41, 5.74) is -0.575. The van der Waals surface area contributed by atoms with E-state index in [1.54, 1.807) is 7.11 Å². The number of amides is 2. The number of halogens is 1. The van der Waals surface area contributed by atoms with Crippen LogP contribution in [0.1, 0.15) is 27.2 Å². The first-order chi connectivity index (χ1) is 12.7. The minimum Gasteiger partial charge on any atom is -0.497 e. The largest absolute Gasteiger partial charge is 0.497 e. The third-order valence-corrected chi connectivity index (χ3v) is 4.72. The summed E-state index contributed by atoms with van der Waals surface area (Å²) in [4.78, 5) is 26.1. The van der Waals surface area contributed by atoms with Crippen LogP contribution in [0.2, 0.25) is 0 Å². The second kappa shape index (κ2) is 9.46. The lowest BCUT2D eigenvalue weighted by Gasteiger charge is -2.33. The van der Waals surface area contributed by atoms with E-state index in [9.17, 15) is 9.59 Å². The molecule has 7 nitrogen and oxygen atoms in total. The van der Waals surface area contributed by atoms with Crippen molar-refractivity contribution >= 4 is 23.6 Å². The molecule has 2 rings (SSSR count). The SMILES string of the molecule is COC1=CC(CCNC(=O)[C@H]2CN(C(=O)OC(C)(C)C)CCO2)C(Cl)C=C1. The van der Waals surface area contributed by atoms with Crippen LogP contribution in [-0.2, 0) is 19.0 Å². The van der Waals surface area contributed by atoms with Crippen molar-refractivity contribution in [3.05, 3.63) is 24.0 Å². The summed E-state index contributed by atoms with van der Waals surface area (Å²) in [6.45, 7) is 6.77. The number of allylic oxidation sites excluding steroid dienone is 3. The standard InChI is InChI=1S/C19H29ClN2O5/c1-19(2,3)27-18(24)22-9-10-26-16(12-22)17(23)21-8-7-13-11-14(25-4)5-6-15(13)20/h5-6,11,13,15-16H,7-10,12H2,1-4H3,(H,21,23)/t13?,15?,16-/m1/s1. The van der Waals surface area contributed by atoms with Crippen molar-refractivity contribution in [2.24, 2.45) is 5.92 Å². The van der Waals surface area contributed by atoms with Gasteiger partial charge in [0.25, 0.3) is 5.91 Å². The van der Waals surface area contributed by atoms with Crippen LogP contribution in [0.15, 0.2) is 24.0 Å². The maximum absolute atomic E-state index is 12.4. The van der Waals surface area contributed by atoms with Gasteiger partial charge in [0, 0.05) is 19.0 Å². The van der Waals surface area contributed by atoms with Crippen molar-refractivity contribution in [1.29, 1.82) is 0 Å². The van der Waals surface area contributed by atoms with Crippen LogP contribution < -0.4 is 5.32 Å². The van der Waals surface area contributed by atoms with Crippen LogP contribution in [0, 0.1) is 5.92 Å². The van der Waals surface area contributed by atoms with Crippen molar-refractivity contribution in [3.8, 4) is 0 Å². The van der Waals surface area contributed by atoms with E-state index >= 15 is 0 Å². The van der Waals surface area contributed by atoms with Gasteiger partial charge in [-0.15, -0.1) is 11.6 Å². The molecule has 2 aliphatic rings. The van der Waals surface area contributed by atoms with Crippen molar-refractivity contribution in [3.63, 3.8) is 0 Å². The van der Waals surface area contributed by atoms with Crippen molar-refractivity contribution in [2.45, 2.75) is 44.3 Å². The summed E-state index contributed by atoms with van der Waals surface area (Å²) in [7, 11) is 1.61. The van der Waals surface area contributed by atoms with Crippen LogP contribution in [0.5, 0.6) is 0 Å². The van der Waals surface area contributed by atoms with Crippen molar-refractivity contribution in [1.82, 2.24) is 10.2 Å². The molecular formula is C19H29ClN2O5. The Morgan fingerprint density at radius 3 is 2.81 bits per heavy atom. The van der Waals surface area contributed by atoms with Gasteiger partial charge in [0.1, 0.15) is 11.4 Å². The second-order valence-electron chi connectivity index (χ2n) is 7.61. The smallest absolute Gasteiger partial charge is 0.410 e. The lowest BCUT2D eigenvalue weighted by Crippen LogP contribution is -2.52. The monoisotopic (exact) mass is 400 g/mol. The maximum Gasteiger partial charge on any atom is 0.410 e.